The fourth-order valence-electron chi connectivity index (χ4n) is 4.29. The molecule has 4 rings (SSSR count). The van der Waals surface area contributed by atoms with Crippen molar-refractivity contribution in [1.82, 2.24) is 10.2 Å². The van der Waals surface area contributed by atoms with Crippen molar-refractivity contribution < 1.29 is 18.7 Å². The number of hydrogen-bond acceptors (Lipinski definition) is 4. The third kappa shape index (κ3) is 5.33. The summed E-state index contributed by atoms with van der Waals surface area (Å²) >= 11 is 5.52. The minimum atomic E-state index is -1.32. The zero-order valence-corrected chi connectivity index (χ0v) is 20.1. The molecular formula is C27H26FN3O3S. The second kappa shape index (κ2) is 10.7. The summed E-state index contributed by atoms with van der Waals surface area (Å²) < 4.78 is 18.9. The van der Waals surface area contributed by atoms with Gasteiger partial charge in [0.15, 0.2) is 10.7 Å². The number of ether oxygens (including phenoxy) is 1. The van der Waals surface area contributed by atoms with Crippen LogP contribution in [-0.2, 0) is 21.5 Å². The normalized spacial score (nSPS) is 17.3. The molecular weight excluding hydrogens is 465 g/mol. The number of carbonyl (C=O) groups excluding carboxylic acids is 2. The number of benzene rings is 3. The number of nitrogens with one attached hydrogen (secondary N) is 2. The maximum Gasteiger partial charge on any atom is 0.257 e. The highest BCUT2D eigenvalue weighted by Gasteiger charge is 2.53. The Balaban J connectivity index is 1.63. The maximum absolute atomic E-state index is 13.4. The third-order valence-electron chi connectivity index (χ3n) is 5.94. The zero-order chi connectivity index (χ0) is 24.8. The lowest BCUT2D eigenvalue weighted by Gasteiger charge is -2.36. The van der Waals surface area contributed by atoms with Gasteiger partial charge in [-0.2, -0.15) is 0 Å². The third-order valence-corrected chi connectivity index (χ3v) is 6.26. The SMILES string of the molecule is CCOc1cccc(NC(=O)CC2(c3ccccc3)C(=O)NC(=S)N2CCc2ccc(F)cc2)c1. The topological polar surface area (TPSA) is 70.7 Å². The van der Waals surface area contributed by atoms with E-state index < -0.39 is 5.54 Å². The lowest BCUT2D eigenvalue weighted by Crippen LogP contribution is -2.50. The van der Waals surface area contributed by atoms with E-state index in [0.717, 1.165) is 5.56 Å². The number of thiocarbonyl (C=S) groups is 1. The van der Waals surface area contributed by atoms with Crippen LogP contribution in [0.15, 0.2) is 78.9 Å². The van der Waals surface area contributed by atoms with Gasteiger partial charge in [-0.3, -0.25) is 9.59 Å². The first-order valence-corrected chi connectivity index (χ1v) is 11.8. The number of halogens is 1. The van der Waals surface area contributed by atoms with Crippen molar-refractivity contribution in [1.29, 1.82) is 0 Å². The van der Waals surface area contributed by atoms with Crippen LogP contribution in [0.5, 0.6) is 5.75 Å². The second-order valence-corrected chi connectivity index (χ2v) is 8.59. The molecule has 1 aliphatic rings. The van der Waals surface area contributed by atoms with E-state index in [4.69, 9.17) is 17.0 Å². The summed E-state index contributed by atoms with van der Waals surface area (Å²) in [7, 11) is 0. The van der Waals surface area contributed by atoms with Gasteiger partial charge < -0.3 is 20.3 Å². The second-order valence-electron chi connectivity index (χ2n) is 8.20. The molecule has 1 unspecified atom stereocenters. The van der Waals surface area contributed by atoms with Crippen LogP contribution in [0.3, 0.4) is 0 Å². The molecule has 2 amide bonds. The summed E-state index contributed by atoms with van der Waals surface area (Å²) in [4.78, 5) is 28.5. The van der Waals surface area contributed by atoms with Crippen molar-refractivity contribution in [2.45, 2.75) is 25.3 Å². The molecule has 1 heterocycles. The summed E-state index contributed by atoms with van der Waals surface area (Å²) in [6, 6.07) is 22.4. The Labute approximate surface area is 209 Å². The Hall–Kier alpha value is -3.78. The first-order valence-electron chi connectivity index (χ1n) is 11.4. The van der Waals surface area contributed by atoms with Crippen LogP contribution < -0.4 is 15.4 Å². The van der Waals surface area contributed by atoms with Gasteiger partial charge in [0.1, 0.15) is 11.6 Å². The molecule has 1 fully saturated rings. The summed E-state index contributed by atoms with van der Waals surface area (Å²) in [6.45, 7) is 2.76. The molecule has 0 radical (unpaired) electrons. The van der Waals surface area contributed by atoms with E-state index in [2.05, 4.69) is 10.6 Å². The largest absolute Gasteiger partial charge is 0.494 e. The highest BCUT2D eigenvalue weighted by molar-refractivity contribution is 7.80. The van der Waals surface area contributed by atoms with Crippen molar-refractivity contribution in [2.24, 2.45) is 0 Å². The Morgan fingerprint density at radius 2 is 1.83 bits per heavy atom. The summed E-state index contributed by atoms with van der Waals surface area (Å²) in [5, 5.41) is 5.90. The quantitative estimate of drug-likeness (QED) is 0.434. The monoisotopic (exact) mass is 491 g/mol. The molecule has 6 nitrogen and oxygen atoms in total. The Bertz CT molecular complexity index is 1220. The van der Waals surface area contributed by atoms with Crippen LogP contribution in [0.2, 0.25) is 0 Å². The molecule has 35 heavy (non-hydrogen) atoms. The number of carbonyl (C=O) groups is 2. The van der Waals surface area contributed by atoms with Crippen molar-refractivity contribution >= 4 is 34.8 Å². The van der Waals surface area contributed by atoms with Crippen molar-refractivity contribution in [3.8, 4) is 5.75 Å². The molecule has 3 aromatic carbocycles. The van der Waals surface area contributed by atoms with Crippen molar-refractivity contribution in [2.75, 3.05) is 18.5 Å². The Morgan fingerprint density at radius 3 is 2.54 bits per heavy atom. The molecule has 180 valence electrons. The van der Waals surface area contributed by atoms with Gasteiger partial charge in [0.2, 0.25) is 5.91 Å². The minimum Gasteiger partial charge on any atom is -0.494 e. The summed E-state index contributed by atoms with van der Waals surface area (Å²) in [5.74, 6) is -0.366. The van der Waals surface area contributed by atoms with Gasteiger partial charge in [-0.05, 0) is 61.0 Å². The van der Waals surface area contributed by atoms with Gasteiger partial charge in [-0.25, -0.2) is 4.39 Å². The molecule has 2 N–H and O–H groups in total. The molecule has 1 atom stereocenters. The van der Waals surface area contributed by atoms with E-state index in [-0.39, 0.29) is 29.2 Å². The van der Waals surface area contributed by atoms with Gasteiger partial charge in [0, 0.05) is 18.3 Å². The lowest BCUT2D eigenvalue weighted by atomic mass is 9.84. The molecule has 0 aliphatic carbocycles. The van der Waals surface area contributed by atoms with Crippen LogP contribution in [0, 0.1) is 5.82 Å². The molecule has 1 aliphatic heterocycles. The fourth-order valence-corrected chi connectivity index (χ4v) is 4.63. The summed E-state index contributed by atoms with van der Waals surface area (Å²) in [6.07, 6.45) is 0.368. The van der Waals surface area contributed by atoms with E-state index in [1.54, 1.807) is 35.2 Å². The van der Waals surface area contributed by atoms with Crippen molar-refractivity contribution in [3.63, 3.8) is 0 Å². The van der Waals surface area contributed by atoms with Crippen molar-refractivity contribution in [3.05, 3.63) is 95.8 Å². The van der Waals surface area contributed by atoms with Crippen LogP contribution in [0.4, 0.5) is 10.1 Å². The molecule has 0 bridgehead atoms. The van der Waals surface area contributed by atoms with E-state index >= 15 is 0 Å². The average Bonchev–Trinajstić information content (AvgIpc) is 3.08. The number of rotatable bonds is 9. The van der Waals surface area contributed by atoms with E-state index in [1.165, 1.54) is 12.1 Å². The summed E-state index contributed by atoms with van der Waals surface area (Å²) in [5.41, 5.74) is 0.811. The number of anilines is 1. The van der Waals surface area contributed by atoms with Gasteiger partial charge >= 0.3 is 0 Å². The smallest absolute Gasteiger partial charge is 0.257 e. The lowest BCUT2D eigenvalue weighted by molar-refractivity contribution is -0.131. The molecule has 0 spiro atoms. The molecule has 1 saturated heterocycles. The number of amides is 2. The maximum atomic E-state index is 13.4. The highest BCUT2D eigenvalue weighted by atomic mass is 32.1. The first-order chi connectivity index (χ1) is 16.9. The van der Waals surface area contributed by atoms with Crippen LogP contribution in [0.1, 0.15) is 24.5 Å². The molecule has 0 saturated carbocycles. The number of nitrogens with zero attached hydrogens (tertiary/aromatic N) is 1. The average molecular weight is 492 g/mol. The molecule has 8 heteroatoms. The molecule has 0 aromatic heterocycles. The number of hydrogen-bond donors (Lipinski definition) is 2. The fraction of sp³-hybridized carbons (Fsp3) is 0.222. The predicted molar refractivity (Wildman–Crippen MR) is 137 cm³/mol. The Morgan fingerprint density at radius 1 is 1.09 bits per heavy atom. The van der Waals surface area contributed by atoms with Gasteiger partial charge in [0.25, 0.3) is 5.91 Å². The van der Waals surface area contributed by atoms with E-state index in [1.807, 2.05) is 43.3 Å². The van der Waals surface area contributed by atoms with Crippen LogP contribution in [-0.4, -0.2) is 35.0 Å². The van der Waals surface area contributed by atoms with Crippen LogP contribution >= 0.6 is 12.2 Å². The van der Waals surface area contributed by atoms with E-state index in [0.29, 0.717) is 36.6 Å². The van der Waals surface area contributed by atoms with Gasteiger partial charge in [-0.15, -0.1) is 0 Å². The Kier molecular flexibility index (Phi) is 7.41. The van der Waals surface area contributed by atoms with Crippen LogP contribution in [0.25, 0.3) is 0 Å². The zero-order valence-electron chi connectivity index (χ0n) is 19.3. The van der Waals surface area contributed by atoms with Gasteiger partial charge in [-0.1, -0.05) is 48.5 Å². The molecule has 3 aromatic rings. The minimum absolute atomic E-state index is 0.148. The standard InChI is InChI=1S/C27H26FN3O3S/c1-2-34-23-10-6-9-22(17-23)29-24(32)18-27(20-7-4-3-5-8-20)25(33)30-26(35)31(27)16-15-19-11-13-21(28)14-12-19/h3-14,17H,2,15-16,18H2,1H3,(H,29,32)(H,30,33,35). The van der Waals surface area contributed by atoms with E-state index in [9.17, 15) is 14.0 Å². The first kappa shape index (κ1) is 24.3. The predicted octanol–water partition coefficient (Wildman–Crippen LogP) is 4.41. The van der Waals surface area contributed by atoms with Gasteiger partial charge in [0.05, 0.1) is 13.0 Å². The highest BCUT2D eigenvalue weighted by Crippen LogP contribution is 2.37.